The van der Waals surface area contributed by atoms with Crippen molar-refractivity contribution in [3.8, 4) is 0 Å². The summed E-state index contributed by atoms with van der Waals surface area (Å²) in [6.45, 7) is 2.06. The molecule has 1 aliphatic heterocycles. The largest absolute Gasteiger partial charge is 0.322 e. The van der Waals surface area contributed by atoms with Crippen molar-refractivity contribution in [2.45, 2.75) is 19.4 Å². The molecule has 0 bridgehead atoms. The lowest BCUT2D eigenvalue weighted by Crippen LogP contribution is -2.35. The van der Waals surface area contributed by atoms with E-state index in [1.54, 1.807) is 24.3 Å². The predicted octanol–water partition coefficient (Wildman–Crippen LogP) is 4.53. The molecule has 1 heterocycles. The Morgan fingerprint density at radius 3 is 2.22 bits per heavy atom. The molecule has 134 valence electrons. The number of carbonyl (C=O) groups is 2. The Morgan fingerprint density at radius 1 is 0.852 bits per heavy atom. The Labute approximate surface area is 158 Å². The number of benzene rings is 3. The minimum atomic E-state index is -0.194. The van der Waals surface area contributed by atoms with E-state index < -0.39 is 0 Å². The molecule has 2 amide bonds. The van der Waals surface area contributed by atoms with E-state index in [2.05, 4.69) is 18.3 Å². The van der Waals surface area contributed by atoms with Gasteiger partial charge in [-0.3, -0.25) is 9.59 Å². The average Bonchev–Trinajstić information content (AvgIpc) is 3.04. The van der Waals surface area contributed by atoms with Crippen LogP contribution in [0.5, 0.6) is 0 Å². The molecule has 27 heavy (non-hydrogen) atoms. The maximum absolute atomic E-state index is 13.0. The number of hydrogen-bond acceptors (Lipinski definition) is 2. The molecular formula is C23H20N2O2. The summed E-state index contributed by atoms with van der Waals surface area (Å²) in [4.78, 5) is 27.2. The highest BCUT2D eigenvalue weighted by atomic mass is 16.2. The Hall–Kier alpha value is -3.40. The monoisotopic (exact) mass is 356 g/mol. The lowest BCUT2D eigenvalue weighted by Gasteiger charge is -2.23. The van der Waals surface area contributed by atoms with Crippen molar-refractivity contribution in [1.29, 1.82) is 0 Å². The van der Waals surface area contributed by atoms with Gasteiger partial charge in [0.2, 0.25) is 0 Å². The zero-order chi connectivity index (χ0) is 18.8. The SMILES string of the molecule is CC1Cc2ccccc2N1C(=O)c1ccc(C(=O)Nc2ccccc2)cc1. The smallest absolute Gasteiger partial charge is 0.258 e. The molecule has 3 aromatic carbocycles. The van der Waals surface area contributed by atoms with E-state index in [-0.39, 0.29) is 17.9 Å². The number of anilines is 2. The molecule has 1 unspecified atom stereocenters. The average molecular weight is 356 g/mol. The highest BCUT2D eigenvalue weighted by Crippen LogP contribution is 2.33. The van der Waals surface area contributed by atoms with E-state index in [0.717, 1.165) is 17.8 Å². The number of amides is 2. The first-order chi connectivity index (χ1) is 13.1. The van der Waals surface area contributed by atoms with Crippen LogP contribution in [-0.2, 0) is 6.42 Å². The van der Waals surface area contributed by atoms with Gasteiger partial charge in [-0.1, -0.05) is 36.4 Å². The highest BCUT2D eigenvalue weighted by molar-refractivity contribution is 6.09. The number of hydrogen-bond donors (Lipinski definition) is 1. The van der Waals surface area contributed by atoms with E-state index in [4.69, 9.17) is 0 Å². The van der Waals surface area contributed by atoms with Crippen molar-refractivity contribution in [2.75, 3.05) is 10.2 Å². The lowest BCUT2D eigenvalue weighted by molar-refractivity contribution is 0.0978. The fourth-order valence-electron chi connectivity index (χ4n) is 3.50. The van der Waals surface area contributed by atoms with Gasteiger partial charge in [-0.25, -0.2) is 0 Å². The Balaban J connectivity index is 1.52. The number of nitrogens with one attached hydrogen (secondary N) is 1. The number of carbonyl (C=O) groups excluding carboxylic acids is 2. The van der Waals surface area contributed by atoms with Crippen molar-refractivity contribution in [3.63, 3.8) is 0 Å². The number of rotatable bonds is 3. The zero-order valence-corrected chi connectivity index (χ0v) is 15.1. The van der Waals surface area contributed by atoms with Gasteiger partial charge in [0, 0.05) is 28.5 Å². The van der Waals surface area contributed by atoms with E-state index in [1.807, 2.05) is 53.4 Å². The molecule has 4 rings (SSSR count). The van der Waals surface area contributed by atoms with Crippen LogP contribution >= 0.6 is 0 Å². The maximum atomic E-state index is 13.0. The van der Waals surface area contributed by atoms with Gasteiger partial charge in [-0.15, -0.1) is 0 Å². The summed E-state index contributed by atoms with van der Waals surface area (Å²) in [5, 5.41) is 2.85. The number of para-hydroxylation sites is 2. The molecule has 4 nitrogen and oxygen atoms in total. The normalized spacial score (nSPS) is 15.3. The van der Waals surface area contributed by atoms with Crippen LogP contribution < -0.4 is 10.2 Å². The molecule has 0 fully saturated rings. The Morgan fingerprint density at radius 2 is 1.48 bits per heavy atom. The van der Waals surface area contributed by atoms with Gasteiger partial charge in [0.15, 0.2) is 0 Å². The third-order valence-corrected chi connectivity index (χ3v) is 4.85. The second-order valence-electron chi connectivity index (χ2n) is 6.75. The molecule has 1 aliphatic rings. The van der Waals surface area contributed by atoms with Gasteiger partial charge < -0.3 is 10.2 Å². The third-order valence-electron chi connectivity index (χ3n) is 4.85. The van der Waals surface area contributed by atoms with E-state index in [1.165, 1.54) is 5.56 Å². The van der Waals surface area contributed by atoms with Crippen LogP contribution in [0.3, 0.4) is 0 Å². The molecule has 0 spiro atoms. The van der Waals surface area contributed by atoms with Gasteiger partial charge in [0.1, 0.15) is 0 Å². The fourth-order valence-corrected chi connectivity index (χ4v) is 3.50. The van der Waals surface area contributed by atoms with E-state index in [9.17, 15) is 9.59 Å². The quantitative estimate of drug-likeness (QED) is 0.749. The summed E-state index contributed by atoms with van der Waals surface area (Å²) in [7, 11) is 0. The van der Waals surface area contributed by atoms with Gasteiger partial charge in [0.25, 0.3) is 11.8 Å². The molecule has 0 saturated heterocycles. The lowest BCUT2D eigenvalue weighted by atomic mass is 10.1. The molecule has 0 aromatic heterocycles. The molecule has 1 atom stereocenters. The number of fused-ring (bicyclic) bond motifs is 1. The summed E-state index contributed by atoms with van der Waals surface area (Å²) in [6.07, 6.45) is 0.861. The van der Waals surface area contributed by atoms with Gasteiger partial charge in [0.05, 0.1) is 0 Å². The third kappa shape index (κ3) is 3.34. The first-order valence-electron chi connectivity index (χ1n) is 9.01. The summed E-state index contributed by atoms with van der Waals surface area (Å²) in [6, 6.07) is 24.2. The molecule has 3 aromatic rings. The van der Waals surface area contributed by atoms with Gasteiger partial charge in [-0.2, -0.15) is 0 Å². The summed E-state index contributed by atoms with van der Waals surface area (Å²) >= 11 is 0. The summed E-state index contributed by atoms with van der Waals surface area (Å²) in [5.74, 6) is -0.234. The van der Waals surface area contributed by atoms with Gasteiger partial charge in [-0.05, 0) is 61.4 Å². The Bertz CT molecular complexity index is 981. The highest BCUT2D eigenvalue weighted by Gasteiger charge is 2.31. The minimum Gasteiger partial charge on any atom is -0.322 e. The molecule has 1 N–H and O–H groups in total. The van der Waals surface area contributed by atoms with E-state index in [0.29, 0.717) is 11.1 Å². The first-order valence-corrected chi connectivity index (χ1v) is 9.01. The topological polar surface area (TPSA) is 49.4 Å². The molecule has 0 saturated carbocycles. The molecular weight excluding hydrogens is 336 g/mol. The summed E-state index contributed by atoms with van der Waals surface area (Å²) < 4.78 is 0. The van der Waals surface area contributed by atoms with Crippen LogP contribution in [0.4, 0.5) is 11.4 Å². The molecule has 0 aliphatic carbocycles. The van der Waals surface area contributed by atoms with Crippen LogP contribution in [0, 0.1) is 0 Å². The second kappa shape index (κ2) is 7.08. The van der Waals surface area contributed by atoms with E-state index >= 15 is 0 Å². The van der Waals surface area contributed by atoms with Crippen molar-refractivity contribution < 1.29 is 9.59 Å². The van der Waals surface area contributed by atoms with Crippen LogP contribution in [0.15, 0.2) is 78.9 Å². The van der Waals surface area contributed by atoms with Crippen LogP contribution in [-0.4, -0.2) is 17.9 Å². The number of nitrogens with zero attached hydrogens (tertiary/aromatic N) is 1. The van der Waals surface area contributed by atoms with Crippen LogP contribution in [0.2, 0.25) is 0 Å². The first kappa shape index (κ1) is 17.0. The Kier molecular flexibility index (Phi) is 4.47. The molecule has 0 radical (unpaired) electrons. The minimum absolute atomic E-state index is 0.0394. The second-order valence-corrected chi connectivity index (χ2v) is 6.75. The van der Waals surface area contributed by atoms with Gasteiger partial charge >= 0.3 is 0 Å². The zero-order valence-electron chi connectivity index (χ0n) is 15.1. The van der Waals surface area contributed by atoms with Crippen molar-refractivity contribution in [3.05, 3.63) is 95.6 Å². The fraction of sp³-hybridized carbons (Fsp3) is 0.130. The molecule has 4 heteroatoms. The maximum Gasteiger partial charge on any atom is 0.258 e. The van der Waals surface area contributed by atoms with Crippen molar-refractivity contribution >= 4 is 23.2 Å². The van der Waals surface area contributed by atoms with Crippen LogP contribution in [0.1, 0.15) is 33.2 Å². The van der Waals surface area contributed by atoms with Crippen LogP contribution in [0.25, 0.3) is 0 Å². The standard InChI is InChI=1S/C23H20N2O2/c1-16-15-19-7-5-6-10-21(19)25(16)23(27)18-13-11-17(12-14-18)22(26)24-20-8-3-2-4-9-20/h2-14,16H,15H2,1H3,(H,24,26). The van der Waals surface area contributed by atoms with Crippen molar-refractivity contribution in [1.82, 2.24) is 0 Å². The van der Waals surface area contributed by atoms with Crippen molar-refractivity contribution in [2.24, 2.45) is 0 Å². The predicted molar refractivity (Wildman–Crippen MR) is 107 cm³/mol. The summed E-state index contributed by atoms with van der Waals surface area (Å²) in [5.41, 5.74) is 4.00.